The molecule has 0 unspecified atom stereocenters. The normalized spacial score (nSPS) is 17.1. The Morgan fingerprint density at radius 2 is 1.86 bits per heavy atom. The summed E-state index contributed by atoms with van der Waals surface area (Å²) in [6.45, 7) is 4.32. The van der Waals surface area contributed by atoms with Gasteiger partial charge in [-0.3, -0.25) is 19.4 Å². The summed E-state index contributed by atoms with van der Waals surface area (Å²) in [6, 6.07) is 9.19. The van der Waals surface area contributed by atoms with Crippen LogP contribution in [0.5, 0.6) is 0 Å². The third-order valence-corrected chi connectivity index (χ3v) is 4.86. The molecule has 0 saturated carbocycles. The van der Waals surface area contributed by atoms with Gasteiger partial charge in [0.1, 0.15) is 12.3 Å². The van der Waals surface area contributed by atoms with Crippen LogP contribution in [0.2, 0.25) is 0 Å². The standard InChI is InChI=1S/C21H28N2O6/c1-4-29-18(24)14-17(22-15(2)16-8-6-5-7-9-16)23-19(25)21(20(26)27-3)10-12-28-13-11-21/h5-9,15H,4,10-14H2,1-3H3,(H,22,23,25)/t15-/m0/s1. The highest BCUT2D eigenvalue weighted by molar-refractivity contribution is 6.12. The van der Waals surface area contributed by atoms with Crippen molar-refractivity contribution in [2.75, 3.05) is 26.9 Å². The van der Waals surface area contributed by atoms with Gasteiger partial charge in [0, 0.05) is 13.2 Å². The summed E-state index contributed by atoms with van der Waals surface area (Å²) in [5.41, 5.74) is -0.435. The van der Waals surface area contributed by atoms with E-state index in [-0.39, 0.29) is 51.0 Å². The molecule has 1 atom stereocenters. The average Bonchev–Trinajstić information content (AvgIpc) is 2.74. The van der Waals surface area contributed by atoms with Crippen molar-refractivity contribution in [1.82, 2.24) is 5.32 Å². The molecule has 1 heterocycles. The molecule has 1 aromatic rings. The van der Waals surface area contributed by atoms with Gasteiger partial charge in [-0.2, -0.15) is 0 Å². The molecule has 2 rings (SSSR count). The molecule has 1 aliphatic heterocycles. The number of nitrogens with one attached hydrogen (secondary N) is 1. The van der Waals surface area contributed by atoms with Crippen molar-refractivity contribution in [1.29, 1.82) is 0 Å². The summed E-state index contributed by atoms with van der Waals surface area (Å²) in [5.74, 6) is -1.52. The number of rotatable bonds is 7. The molecule has 8 nitrogen and oxygen atoms in total. The maximum absolute atomic E-state index is 13.1. The van der Waals surface area contributed by atoms with Gasteiger partial charge in [-0.05, 0) is 32.3 Å². The molecule has 0 bridgehead atoms. The zero-order chi connectivity index (χ0) is 21.3. The zero-order valence-corrected chi connectivity index (χ0v) is 17.1. The van der Waals surface area contributed by atoms with E-state index in [0.29, 0.717) is 0 Å². The molecule has 1 amide bonds. The highest BCUT2D eigenvalue weighted by atomic mass is 16.5. The lowest BCUT2D eigenvalue weighted by Gasteiger charge is -2.33. The summed E-state index contributed by atoms with van der Waals surface area (Å²) in [4.78, 5) is 42.1. The lowest BCUT2D eigenvalue weighted by atomic mass is 9.79. The Kier molecular flexibility index (Phi) is 8.33. The second kappa shape index (κ2) is 10.7. The van der Waals surface area contributed by atoms with E-state index in [9.17, 15) is 14.4 Å². The van der Waals surface area contributed by atoms with Crippen molar-refractivity contribution in [2.24, 2.45) is 10.4 Å². The van der Waals surface area contributed by atoms with E-state index < -0.39 is 23.3 Å². The molecule has 1 saturated heterocycles. The average molecular weight is 404 g/mol. The van der Waals surface area contributed by atoms with E-state index in [1.54, 1.807) is 6.92 Å². The number of hydrogen-bond acceptors (Lipinski definition) is 7. The predicted octanol–water partition coefficient (Wildman–Crippen LogP) is 2.19. The first kappa shape index (κ1) is 22.5. The molecule has 1 aromatic carbocycles. The molecule has 0 radical (unpaired) electrons. The maximum Gasteiger partial charge on any atom is 0.321 e. The van der Waals surface area contributed by atoms with Crippen LogP contribution in [0, 0.1) is 5.41 Å². The lowest BCUT2D eigenvalue weighted by molar-refractivity contribution is -0.164. The lowest BCUT2D eigenvalue weighted by Crippen LogP contribution is -2.52. The van der Waals surface area contributed by atoms with E-state index >= 15 is 0 Å². The van der Waals surface area contributed by atoms with Gasteiger partial charge < -0.3 is 19.5 Å². The summed E-state index contributed by atoms with van der Waals surface area (Å²) in [6.07, 6.45) is 0.198. The number of carbonyl (C=O) groups excluding carboxylic acids is 3. The number of hydrogen-bond donors (Lipinski definition) is 1. The number of esters is 2. The molecule has 29 heavy (non-hydrogen) atoms. The van der Waals surface area contributed by atoms with Crippen molar-refractivity contribution < 1.29 is 28.6 Å². The van der Waals surface area contributed by atoms with Crippen molar-refractivity contribution in [2.45, 2.75) is 39.2 Å². The van der Waals surface area contributed by atoms with Crippen molar-refractivity contribution in [3.8, 4) is 0 Å². The minimum absolute atomic E-state index is 0.152. The number of benzene rings is 1. The number of nitrogens with zero attached hydrogens (tertiary/aromatic N) is 1. The van der Waals surface area contributed by atoms with Crippen LogP contribution in [0.25, 0.3) is 0 Å². The van der Waals surface area contributed by atoms with Crippen LogP contribution in [0.4, 0.5) is 0 Å². The highest BCUT2D eigenvalue weighted by Crippen LogP contribution is 2.32. The molecule has 158 valence electrons. The molecule has 8 heteroatoms. The minimum atomic E-state index is -1.36. The second-order valence-corrected chi connectivity index (χ2v) is 6.78. The number of amides is 1. The number of amidine groups is 1. The summed E-state index contributed by atoms with van der Waals surface area (Å²) < 4.78 is 15.2. The fraction of sp³-hybridized carbons (Fsp3) is 0.524. The zero-order valence-electron chi connectivity index (χ0n) is 17.1. The van der Waals surface area contributed by atoms with Gasteiger partial charge in [0.15, 0.2) is 5.41 Å². The highest BCUT2D eigenvalue weighted by Gasteiger charge is 2.48. The fourth-order valence-electron chi connectivity index (χ4n) is 3.20. The monoisotopic (exact) mass is 404 g/mol. The Morgan fingerprint density at radius 1 is 1.21 bits per heavy atom. The van der Waals surface area contributed by atoms with Gasteiger partial charge in [0.25, 0.3) is 0 Å². The molecule has 0 aromatic heterocycles. The largest absolute Gasteiger partial charge is 0.468 e. The molecule has 1 fully saturated rings. The van der Waals surface area contributed by atoms with Gasteiger partial charge in [0.2, 0.25) is 5.91 Å². The van der Waals surface area contributed by atoms with Crippen LogP contribution in [0.3, 0.4) is 0 Å². The predicted molar refractivity (Wildman–Crippen MR) is 106 cm³/mol. The van der Waals surface area contributed by atoms with Crippen LogP contribution in [-0.2, 0) is 28.6 Å². The van der Waals surface area contributed by atoms with Gasteiger partial charge in [-0.25, -0.2) is 0 Å². The number of aliphatic imine (C=N–C) groups is 1. The van der Waals surface area contributed by atoms with Crippen LogP contribution in [-0.4, -0.2) is 50.6 Å². The minimum Gasteiger partial charge on any atom is -0.468 e. The Balaban J connectivity index is 2.27. The van der Waals surface area contributed by atoms with E-state index in [0.717, 1.165) is 5.56 Å². The second-order valence-electron chi connectivity index (χ2n) is 6.78. The van der Waals surface area contributed by atoms with Crippen LogP contribution < -0.4 is 5.32 Å². The van der Waals surface area contributed by atoms with Gasteiger partial charge in [-0.1, -0.05) is 30.3 Å². The van der Waals surface area contributed by atoms with E-state index in [1.807, 2.05) is 37.3 Å². The quantitative estimate of drug-likeness (QED) is 0.323. The molecular weight excluding hydrogens is 376 g/mol. The van der Waals surface area contributed by atoms with Gasteiger partial charge in [0.05, 0.1) is 19.8 Å². The Labute approximate surface area is 170 Å². The number of ether oxygens (including phenoxy) is 3. The SMILES string of the molecule is CCOC(=O)CC(=N[C@@H](C)c1ccccc1)NC(=O)C1(C(=O)OC)CCOCC1. The summed E-state index contributed by atoms with van der Waals surface area (Å²) in [7, 11) is 1.25. The molecule has 1 aliphatic rings. The van der Waals surface area contributed by atoms with Gasteiger partial charge >= 0.3 is 11.9 Å². The van der Waals surface area contributed by atoms with E-state index in [1.165, 1.54) is 7.11 Å². The molecule has 0 aliphatic carbocycles. The van der Waals surface area contributed by atoms with Crippen LogP contribution in [0.15, 0.2) is 35.3 Å². The number of carbonyl (C=O) groups is 3. The van der Waals surface area contributed by atoms with Crippen LogP contribution in [0.1, 0.15) is 44.7 Å². The number of methoxy groups -OCH3 is 1. The first-order valence-electron chi connectivity index (χ1n) is 9.67. The third kappa shape index (κ3) is 5.87. The first-order chi connectivity index (χ1) is 13.9. The smallest absolute Gasteiger partial charge is 0.321 e. The topological polar surface area (TPSA) is 103 Å². The van der Waals surface area contributed by atoms with E-state index in [4.69, 9.17) is 14.2 Å². The molecule has 0 spiro atoms. The molecular formula is C21H28N2O6. The maximum atomic E-state index is 13.1. The van der Waals surface area contributed by atoms with Crippen molar-refractivity contribution in [3.05, 3.63) is 35.9 Å². The third-order valence-electron chi connectivity index (χ3n) is 4.86. The fourth-order valence-corrected chi connectivity index (χ4v) is 3.20. The Bertz CT molecular complexity index is 741. The summed E-state index contributed by atoms with van der Waals surface area (Å²) in [5, 5.41) is 2.69. The van der Waals surface area contributed by atoms with E-state index in [2.05, 4.69) is 10.3 Å². The Hall–Kier alpha value is -2.74. The van der Waals surface area contributed by atoms with Crippen molar-refractivity contribution in [3.63, 3.8) is 0 Å². The summed E-state index contributed by atoms with van der Waals surface area (Å²) >= 11 is 0. The van der Waals surface area contributed by atoms with Gasteiger partial charge in [-0.15, -0.1) is 0 Å². The Morgan fingerprint density at radius 3 is 2.45 bits per heavy atom. The van der Waals surface area contributed by atoms with Crippen molar-refractivity contribution >= 4 is 23.7 Å². The first-order valence-corrected chi connectivity index (χ1v) is 9.67. The van der Waals surface area contributed by atoms with Crippen LogP contribution >= 0.6 is 0 Å². The molecule has 1 N–H and O–H groups in total.